The zero-order valence-corrected chi connectivity index (χ0v) is 13.5. The number of nitrogens with two attached hydrogens (primary N) is 1. The van der Waals surface area contributed by atoms with Gasteiger partial charge >= 0.3 is 0 Å². The van der Waals surface area contributed by atoms with Crippen LogP contribution < -0.4 is 11.1 Å². The fourth-order valence-electron chi connectivity index (χ4n) is 2.10. The number of hydrogen-bond acceptors (Lipinski definition) is 4. The van der Waals surface area contributed by atoms with E-state index in [9.17, 15) is 0 Å². The molecule has 4 nitrogen and oxygen atoms in total. The van der Waals surface area contributed by atoms with Crippen LogP contribution >= 0.6 is 23.6 Å². The molecule has 0 atom stereocenters. The molecule has 106 valence electrons. The maximum atomic E-state index is 5.43. The second kappa shape index (κ2) is 5.73. The molecular weight excluding hydrogens is 276 g/mol. The summed E-state index contributed by atoms with van der Waals surface area (Å²) in [5, 5.41) is 4.63. The van der Waals surface area contributed by atoms with Crippen LogP contribution in [-0.2, 0) is 18.4 Å². The van der Waals surface area contributed by atoms with Gasteiger partial charge in [0.05, 0.1) is 10.7 Å². The third-order valence-corrected chi connectivity index (χ3v) is 4.83. The topological polar surface area (TPSA) is 54.2 Å². The van der Waals surface area contributed by atoms with Crippen LogP contribution in [-0.4, -0.2) is 34.6 Å². The van der Waals surface area contributed by atoms with Crippen LogP contribution in [0.1, 0.15) is 36.3 Å². The Morgan fingerprint density at radius 2 is 2.26 bits per heavy atom. The van der Waals surface area contributed by atoms with E-state index in [1.54, 1.807) is 0 Å². The summed E-state index contributed by atoms with van der Waals surface area (Å²) in [4.78, 5) is 8.65. The molecule has 3 N–H and O–H groups in total. The number of thiocarbonyl (C=S) groups is 1. The van der Waals surface area contributed by atoms with Crippen molar-refractivity contribution in [2.45, 2.75) is 39.2 Å². The minimum atomic E-state index is 0.153. The average molecular weight is 298 g/mol. The summed E-state index contributed by atoms with van der Waals surface area (Å²) in [7, 11) is 0. The Kier molecular flexibility index (Phi) is 4.43. The fourth-order valence-corrected chi connectivity index (χ4v) is 3.41. The van der Waals surface area contributed by atoms with Gasteiger partial charge in [-0.2, -0.15) is 0 Å². The molecule has 6 heteroatoms. The molecule has 0 saturated heterocycles. The minimum absolute atomic E-state index is 0.153. The molecule has 0 amide bonds. The van der Waals surface area contributed by atoms with Crippen LogP contribution in [0, 0.1) is 0 Å². The van der Waals surface area contributed by atoms with Crippen molar-refractivity contribution in [3.63, 3.8) is 0 Å². The van der Waals surface area contributed by atoms with E-state index in [0.717, 1.165) is 32.6 Å². The first kappa shape index (κ1) is 14.7. The Morgan fingerprint density at radius 1 is 1.53 bits per heavy atom. The van der Waals surface area contributed by atoms with E-state index in [2.05, 4.69) is 31.0 Å². The molecule has 0 aromatic carbocycles. The van der Waals surface area contributed by atoms with Gasteiger partial charge in [-0.05, 0) is 12.2 Å². The molecule has 0 saturated carbocycles. The smallest absolute Gasteiger partial charge is 0.163 e. The molecule has 1 aromatic heterocycles. The van der Waals surface area contributed by atoms with Gasteiger partial charge in [-0.1, -0.05) is 20.8 Å². The van der Waals surface area contributed by atoms with Crippen LogP contribution in [0.5, 0.6) is 0 Å². The van der Waals surface area contributed by atoms with Crippen LogP contribution in [0.25, 0.3) is 0 Å². The first-order valence-electron chi connectivity index (χ1n) is 6.61. The summed E-state index contributed by atoms with van der Waals surface area (Å²) in [5.41, 5.74) is 6.88. The van der Waals surface area contributed by atoms with Crippen LogP contribution in [0.3, 0.4) is 0 Å². The maximum absolute atomic E-state index is 5.43. The Hall–Kier alpha value is -0.720. The number of hydrogen-bond donors (Lipinski definition) is 2. The molecule has 0 spiro atoms. The van der Waals surface area contributed by atoms with Gasteiger partial charge in [-0.3, -0.25) is 4.90 Å². The van der Waals surface area contributed by atoms with Crippen molar-refractivity contribution in [2.24, 2.45) is 5.73 Å². The molecule has 2 heterocycles. The first-order chi connectivity index (χ1) is 8.86. The fraction of sp³-hybridized carbons (Fsp3) is 0.692. The number of aromatic nitrogens is 1. The van der Waals surface area contributed by atoms with Gasteiger partial charge in [0.2, 0.25) is 0 Å². The quantitative estimate of drug-likeness (QED) is 0.831. The second-order valence-electron chi connectivity index (χ2n) is 5.96. The molecule has 0 aliphatic carbocycles. The molecule has 19 heavy (non-hydrogen) atoms. The summed E-state index contributed by atoms with van der Waals surface area (Å²) in [6.07, 6.45) is 1.05. The lowest BCUT2D eigenvalue weighted by Crippen LogP contribution is -2.39. The van der Waals surface area contributed by atoms with Crippen LogP contribution in [0.2, 0.25) is 0 Å². The van der Waals surface area contributed by atoms with Crippen molar-refractivity contribution in [1.29, 1.82) is 0 Å². The van der Waals surface area contributed by atoms with Gasteiger partial charge in [-0.25, -0.2) is 4.98 Å². The predicted molar refractivity (Wildman–Crippen MR) is 84.6 cm³/mol. The highest BCUT2D eigenvalue weighted by Crippen LogP contribution is 2.32. The first-order valence-corrected chi connectivity index (χ1v) is 7.83. The zero-order chi connectivity index (χ0) is 14.0. The minimum Gasteiger partial charge on any atom is -0.376 e. The van der Waals surface area contributed by atoms with Crippen molar-refractivity contribution in [3.05, 3.63) is 15.6 Å². The standard InChI is InChI=1S/C13H22N4S2/c1-13(2,3)11-16-9-4-6-17(8-10(9)19-11)7-5-15-12(14)18/h4-8H2,1-3H3,(H3,14,15,18). The average Bonchev–Trinajstić information content (AvgIpc) is 2.71. The molecule has 2 rings (SSSR count). The Balaban J connectivity index is 1.96. The number of fused-ring (bicyclic) bond motifs is 1. The van der Waals surface area contributed by atoms with E-state index in [-0.39, 0.29) is 5.41 Å². The molecule has 0 radical (unpaired) electrons. The molecule has 0 unspecified atom stereocenters. The summed E-state index contributed by atoms with van der Waals surface area (Å²) in [6.45, 7) is 10.5. The van der Waals surface area contributed by atoms with Crippen molar-refractivity contribution >= 4 is 28.7 Å². The van der Waals surface area contributed by atoms with Gasteiger partial charge in [-0.15, -0.1) is 11.3 Å². The van der Waals surface area contributed by atoms with Crippen molar-refractivity contribution in [2.75, 3.05) is 19.6 Å². The normalized spacial score (nSPS) is 16.2. The maximum Gasteiger partial charge on any atom is 0.163 e. The van der Waals surface area contributed by atoms with Gasteiger partial charge < -0.3 is 11.1 Å². The van der Waals surface area contributed by atoms with E-state index in [1.807, 2.05) is 11.3 Å². The highest BCUT2D eigenvalue weighted by atomic mass is 32.1. The molecule has 0 bridgehead atoms. The third-order valence-electron chi connectivity index (χ3n) is 3.18. The van der Waals surface area contributed by atoms with Gasteiger partial charge in [0.15, 0.2) is 5.11 Å². The third kappa shape index (κ3) is 3.87. The Bertz CT molecular complexity index is 462. The Morgan fingerprint density at radius 3 is 2.89 bits per heavy atom. The largest absolute Gasteiger partial charge is 0.376 e. The van der Waals surface area contributed by atoms with E-state index in [0.29, 0.717) is 5.11 Å². The van der Waals surface area contributed by atoms with Crippen molar-refractivity contribution < 1.29 is 0 Å². The highest BCUT2D eigenvalue weighted by molar-refractivity contribution is 7.80. The SMILES string of the molecule is CC(C)(C)c1nc2c(s1)CN(CCNC(N)=S)CC2. The lowest BCUT2D eigenvalue weighted by atomic mass is 9.98. The van der Waals surface area contributed by atoms with Gasteiger partial charge in [0.25, 0.3) is 0 Å². The Labute approximate surface area is 124 Å². The summed E-state index contributed by atoms with van der Waals surface area (Å²) in [6, 6.07) is 0. The van der Waals surface area contributed by atoms with E-state index in [4.69, 9.17) is 22.9 Å². The summed E-state index contributed by atoms with van der Waals surface area (Å²) < 4.78 is 0. The van der Waals surface area contributed by atoms with E-state index in [1.165, 1.54) is 15.6 Å². The zero-order valence-electron chi connectivity index (χ0n) is 11.8. The molecule has 1 aliphatic rings. The van der Waals surface area contributed by atoms with Crippen LogP contribution in [0.15, 0.2) is 0 Å². The molecule has 1 aliphatic heterocycles. The van der Waals surface area contributed by atoms with Crippen molar-refractivity contribution in [1.82, 2.24) is 15.2 Å². The number of rotatable bonds is 3. The molecule has 0 fully saturated rings. The van der Waals surface area contributed by atoms with E-state index >= 15 is 0 Å². The van der Waals surface area contributed by atoms with Gasteiger partial charge in [0, 0.05) is 42.9 Å². The van der Waals surface area contributed by atoms with E-state index < -0.39 is 0 Å². The lowest BCUT2D eigenvalue weighted by molar-refractivity contribution is 0.260. The highest BCUT2D eigenvalue weighted by Gasteiger charge is 2.25. The summed E-state index contributed by atoms with van der Waals surface area (Å²) in [5.74, 6) is 0. The number of nitrogens with one attached hydrogen (secondary N) is 1. The lowest BCUT2D eigenvalue weighted by Gasteiger charge is -2.25. The van der Waals surface area contributed by atoms with Crippen molar-refractivity contribution in [3.8, 4) is 0 Å². The predicted octanol–water partition coefficient (Wildman–Crippen LogP) is 1.63. The number of thiazole rings is 1. The van der Waals surface area contributed by atoms with Gasteiger partial charge in [0.1, 0.15) is 0 Å². The molecule has 1 aromatic rings. The summed E-state index contributed by atoms with van der Waals surface area (Å²) >= 11 is 6.67. The monoisotopic (exact) mass is 298 g/mol. The van der Waals surface area contributed by atoms with Crippen LogP contribution in [0.4, 0.5) is 0 Å². The number of nitrogens with zero attached hydrogens (tertiary/aromatic N) is 2. The second-order valence-corrected chi connectivity index (χ2v) is 7.48. The molecular formula is C13H22N4S2.